The Labute approximate surface area is 116 Å². The number of carbonyl (C=O) groups is 1. The number of likely N-dealkylation sites (tertiary alicyclic amines) is 1. The fourth-order valence-electron chi connectivity index (χ4n) is 2.40. The molecule has 0 spiro atoms. The van der Waals surface area contributed by atoms with Crippen LogP contribution in [0, 0.1) is 5.41 Å². The third-order valence-corrected chi connectivity index (χ3v) is 4.25. The van der Waals surface area contributed by atoms with E-state index < -0.39 is 0 Å². The zero-order valence-corrected chi connectivity index (χ0v) is 12.6. The first kappa shape index (κ1) is 16.4. The third kappa shape index (κ3) is 5.09. The molecule has 1 aliphatic rings. The minimum atomic E-state index is -0.0510. The fraction of sp³-hybridized carbons (Fsp3) is 0.929. The first-order valence-corrected chi connectivity index (χ1v) is 7.23. The molecular weight excluding hydrogens is 242 g/mol. The van der Waals surface area contributed by atoms with E-state index in [0.29, 0.717) is 13.2 Å². The second kappa shape index (κ2) is 7.82. The summed E-state index contributed by atoms with van der Waals surface area (Å²) in [5.74, 6) is 0.118. The van der Waals surface area contributed by atoms with Crippen molar-refractivity contribution in [3.05, 3.63) is 0 Å². The maximum absolute atomic E-state index is 12.0. The van der Waals surface area contributed by atoms with E-state index >= 15 is 0 Å². The lowest BCUT2D eigenvalue weighted by Gasteiger charge is -2.40. The van der Waals surface area contributed by atoms with Crippen molar-refractivity contribution >= 4 is 5.91 Å². The molecule has 112 valence electrons. The second-order valence-electron chi connectivity index (χ2n) is 5.86. The van der Waals surface area contributed by atoms with E-state index in [0.717, 1.165) is 38.9 Å². The molecule has 1 fully saturated rings. The smallest absolute Gasteiger partial charge is 0.237 e. The van der Waals surface area contributed by atoms with Crippen LogP contribution < -0.4 is 11.1 Å². The molecule has 19 heavy (non-hydrogen) atoms. The van der Waals surface area contributed by atoms with Gasteiger partial charge in [0.25, 0.3) is 0 Å². The van der Waals surface area contributed by atoms with Gasteiger partial charge in [-0.25, -0.2) is 0 Å². The summed E-state index contributed by atoms with van der Waals surface area (Å²) in [6.45, 7) is 8.24. The summed E-state index contributed by atoms with van der Waals surface area (Å²) >= 11 is 0. The maximum atomic E-state index is 12.0. The molecule has 1 heterocycles. The minimum absolute atomic E-state index is 0.0510. The summed E-state index contributed by atoms with van der Waals surface area (Å²) in [5.41, 5.74) is 6.06. The number of amides is 1. The monoisotopic (exact) mass is 271 g/mol. The van der Waals surface area contributed by atoms with Gasteiger partial charge in [0.15, 0.2) is 0 Å². The van der Waals surface area contributed by atoms with Crippen molar-refractivity contribution in [2.45, 2.75) is 39.2 Å². The van der Waals surface area contributed by atoms with Crippen LogP contribution in [0.5, 0.6) is 0 Å². The van der Waals surface area contributed by atoms with Crippen LogP contribution in [0.25, 0.3) is 0 Å². The van der Waals surface area contributed by atoms with Crippen LogP contribution in [-0.2, 0) is 9.53 Å². The molecule has 1 atom stereocenters. The van der Waals surface area contributed by atoms with Crippen LogP contribution in [0.3, 0.4) is 0 Å². The van der Waals surface area contributed by atoms with E-state index in [1.54, 1.807) is 7.11 Å². The zero-order valence-electron chi connectivity index (χ0n) is 12.6. The van der Waals surface area contributed by atoms with Gasteiger partial charge in [-0.3, -0.25) is 9.69 Å². The van der Waals surface area contributed by atoms with Crippen LogP contribution in [0.2, 0.25) is 0 Å². The lowest BCUT2D eigenvalue weighted by atomic mass is 9.80. The Morgan fingerprint density at radius 3 is 2.63 bits per heavy atom. The molecule has 0 saturated carbocycles. The topological polar surface area (TPSA) is 67.6 Å². The summed E-state index contributed by atoms with van der Waals surface area (Å²) in [5, 5.41) is 2.96. The molecule has 0 aliphatic carbocycles. The van der Waals surface area contributed by atoms with Gasteiger partial charge in [-0.05, 0) is 51.2 Å². The Morgan fingerprint density at radius 2 is 2.11 bits per heavy atom. The van der Waals surface area contributed by atoms with Gasteiger partial charge in [0.05, 0.1) is 6.04 Å². The quantitative estimate of drug-likeness (QED) is 0.665. The Morgan fingerprint density at radius 1 is 1.47 bits per heavy atom. The van der Waals surface area contributed by atoms with Crippen molar-refractivity contribution in [1.29, 1.82) is 0 Å². The van der Waals surface area contributed by atoms with Gasteiger partial charge in [0.2, 0.25) is 5.91 Å². The second-order valence-corrected chi connectivity index (χ2v) is 5.86. The molecule has 0 radical (unpaired) electrons. The molecule has 0 aromatic heterocycles. The average molecular weight is 271 g/mol. The maximum Gasteiger partial charge on any atom is 0.237 e. The van der Waals surface area contributed by atoms with Gasteiger partial charge < -0.3 is 15.8 Å². The van der Waals surface area contributed by atoms with Crippen LogP contribution in [-0.4, -0.2) is 56.7 Å². The van der Waals surface area contributed by atoms with E-state index in [1.165, 1.54) is 0 Å². The molecule has 1 unspecified atom stereocenters. The summed E-state index contributed by atoms with van der Waals surface area (Å²) in [7, 11) is 1.67. The number of nitrogens with zero attached hydrogens (tertiary/aromatic N) is 1. The Balaban J connectivity index is 2.30. The van der Waals surface area contributed by atoms with Gasteiger partial charge in [0, 0.05) is 20.3 Å². The van der Waals surface area contributed by atoms with Gasteiger partial charge in [-0.2, -0.15) is 0 Å². The van der Waals surface area contributed by atoms with Gasteiger partial charge in [-0.1, -0.05) is 6.92 Å². The van der Waals surface area contributed by atoms with Crippen molar-refractivity contribution in [2.75, 3.05) is 39.9 Å². The molecule has 0 bridgehead atoms. The standard InChI is InChI=1S/C14H29N3O2/c1-12(13(18)16-7-4-10-19-3)17-8-5-14(2,11-15)6-9-17/h12H,4-11,15H2,1-3H3,(H,16,18). The van der Waals surface area contributed by atoms with Crippen molar-refractivity contribution in [2.24, 2.45) is 11.1 Å². The molecule has 1 amide bonds. The van der Waals surface area contributed by atoms with Crippen molar-refractivity contribution in [1.82, 2.24) is 10.2 Å². The average Bonchev–Trinajstić information content (AvgIpc) is 2.43. The number of carbonyl (C=O) groups excluding carboxylic acids is 1. The number of hydrogen-bond acceptors (Lipinski definition) is 4. The molecule has 1 saturated heterocycles. The molecule has 5 heteroatoms. The van der Waals surface area contributed by atoms with Gasteiger partial charge >= 0.3 is 0 Å². The van der Waals surface area contributed by atoms with Crippen LogP contribution in [0.15, 0.2) is 0 Å². The molecule has 0 aromatic carbocycles. The van der Waals surface area contributed by atoms with Crippen molar-refractivity contribution in [3.8, 4) is 0 Å². The van der Waals surface area contributed by atoms with E-state index in [2.05, 4.69) is 17.1 Å². The van der Waals surface area contributed by atoms with E-state index in [9.17, 15) is 4.79 Å². The van der Waals surface area contributed by atoms with Crippen molar-refractivity contribution < 1.29 is 9.53 Å². The molecule has 5 nitrogen and oxygen atoms in total. The highest BCUT2D eigenvalue weighted by molar-refractivity contribution is 5.81. The lowest BCUT2D eigenvalue weighted by Crippen LogP contribution is -2.51. The first-order chi connectivity index (χ1) is 9.02. The Kier molecular flexibility index (Phi) is 6.75. The lowest BCUT2D eigenvalue weighted by molar-refractivity contribution is -0.126. The predicted molar refractivity (Wildman–Crippen MR) is 76.9 cm³/mol. The van der Waals surface area contributed by atoms with Crippen LogP contribution in [0.4, 0.5) is 0 Å². The minimum Gasteiger partial charge on any atom is -0.385 e. The fourth-order valence-corrected chi connectivity index (χ4v) is 2.40. The van der Waals surface area contributed by atoms with E-state index in [-0.39, 0.29) is 17.4 Å². The number of hydrogen-bond donors (Lipinski definition) is 2. The number of methoxy groups -OCH3 is 1. The molecule has 3 N–H and O–H groups in total. The van der Waals surface area contributed by atoms with E-state index in [4.69, 9.17) is 10.5 Å². The number of rotatable bonds is 7. The summed E-state index contributed by atoms with van der Waals surface area (Å²) in [4.78, 5) is 14.3. The molecular formula is C14H29N3O2. The number of nitrogens with two attached hydrogens (primary N) is 1. The van der Waals surface area contributed by atoms with Gasteiger partial charge in [0.1, 0.15) is 0 Å². The van der Waals surface area contributed by atoms with Crippen molar-refractivity contribution in [3.63, 3.8) is 0 Å². The molecule has 0 aromatic rings. The highest BCUT2D eigenvalue weighted by Gasteiger charge is 2.32. The highest BCUT2D eigenvalue weighted by Crippen LogP contribution is 2.30. The van der Waals surface area contributed by atoms with E-state index in [1.807, 2.05) is 6.92 Å². The summed E-state index contributed by atoms with van der Waals surface area (Å²) < 4.78 is 4.96. The van der Waals surface area contributed by atoms with Crippen LogP contribution in [0.1, 0.15) is 33.1 Å². The third-order valence-electron chi connectivity index (χ3n) is 4.25. The molecule has 1 aliphatic heterocycles. The summed E-state index contributed by atoms with van der Waals surface area (Å²) in [6.07, 6.45) is 3.01. The zero-order chi connectivity index (χ0) is 14.3. The Hall–Kier alpha value is -0.650. The SMILES string of the molecule is COCCCNC(=O)C(C)N1CCC(C)(CN)CC1. The normalized spacial score (nSPS) is 21.1. The number of ether oxygens (including phenoxy) is 1. The van der Waals surface area contributed by atoms with Crippen LogP contribution >= 0.6 is 0 Å². The largest absolute Gasteiger partial charge is 0.385 e. The Bertz CT molecular complexity index is 276. The van der Waals surface area contributed by atoms with Gasteiger partial charge in [-0.15, -0.1) is 0 Å². The summed E-state index contributed by atoms with van der Waals surface area (Å²) in [6, 6.07) is -0.0510. The predicted octanol–water partition coefficient (Wildman–Crippen LogP) is 0.588. The molecule has 1 rings (SSSR count). The first-order valence-electron chi connectivity index (χ1n) is 7.23. The highest BCUT2D eigenvalue weighted by atomic mass is 16.5. The number of piperidine rings is 1. The number of nitrogens with one attached hydrogen (secondary N) is 1.